The average molecular weight is 495 g/mol. The minimum atomic E-state index is -0.991. The molecule has 0 saturated heterocycles. The van der Waals surface area contributed by atoms with E-state index in [4.69, 9.17) is 44.3 Å². The summed E-state index contributed by atoms with van der Waals surface area (Å²) in [5.41, 5.74) is -0.642. The van der Waals surface area contributed by atoms with Crippen LogP contribution in [-0.2, 0) is 9.53 Å². The summed E-state index contributed by atoms with van der Waals surface area (Å²) in [6.45, 7) is 3.20. The number of alkyl halides is 1. The maximum atomic E-state index is 12.7. The minimum absolute atomic E-state index is 0.118. The van der Waals surface area contributed by atoms with E-state index in [1.54, 1.807) is 50.2 Å². The SMILES string of the molecule is CC(C)(COC(=O)c1ccc(Cl)cc1)C(=O)C(Br)Oc1ccc(Cl)cc1Cl. The molecule has 2 aromatic carbocycles. The maximum Gasteiger partial charge on any atom is 0.338 e. The molecule has 0 spiro atoms. The van der Waals surface area contributed by atoms with Gasteiger partial charge in [-0.25, -0.2) is 4.79 Å². The lowest BCUT2D eigenvalue weighted by Gasteiger charge is -2.25. The highest BCUT2D eigenvalue weighted by atomic mass is 79.9. The van der Waals surface area contributed by atoms with Crippen LogP contribution in [0.3, 0.4) is 0 Å². The number of benzene rings is 2. The van der Waals surface area contributed by atoms with Crippen molar-refractivity contribution in [3.63, 3.8) is 0 Å². The zero-order valence-electron chi connectivity index (χ0n) is 14.5. The van der Waals surface area contributed by atoms with Crippen molar-refractivity contribution in [3.05, 3.63) is 63.1 Å². The van der Waals surface area contributed by atoms with E-state index in [2.05, 4.69) is 15.9 Å². The fraction of sp³-hybridized carbons (Fsp3) is 0.263. The lowest BCUT2D eigenvalue weighted by molar-refractivity contribution is -0.132. The molecule has 0 fully saturated rings. The second-order valence-corrected chi connectivity index (χ2v) is 8.45. The molecule has 0 bridgehead atoms. The van der Waals surface area contributed by atoms with Crippen molar-refractivity contribution >= 4 is 62.5 Å². The fourth-order valence-electron chi connectivity index (χ4n) is 2.03. The third-order valence-corrected chi connectivity index (χ3v) is 5.03. The molecule has 0 aliphatic carbocycles. The summed E-state index contributed by atoms with van der Waals surface area (Å²) < 4.78 is 10.8. The van der Waals surface area contributed by atoms with Gasteiger partial charge in [-0.3, -0.25) is 4.79 Å². The van der Waals surface area contributed by atoms with Crippen molar-refractivity contribution in [2.24, 2.45) is 5.41 Å². The van der Waals surface area contributed by atoms with E-state index >= 15 is 0 Å². The number of esters is 1. The normalized spacial score (nSPS) is 12.4. The Bertz CT molecular complexity index is 837. The number of ketones is 1. The third-order valence-electron chi connectivity index (χ3n) is 3.64. The molecular formula is C19H16BrCl3O4. The molecule has 0 heterocycles. The Hall–Kier alpha value is -1.27. The molecule has 144 valence electrons. The van der Waals surface area contributed by atoms with Crippen molar-refractivity contribution in [2.75, 3.05) is 6.61 Å². The Morgan fingerprint density at radius 2 is 1.63 bits per heavy atom. The molecule has 1 unspecified atom stereocenters. The van der Waals surface area contributed by atoms with Gasteiger partial charge in [0.25, 0.3) is 0 Å². The highest BCUT2D eigenvalue weighted by molar-refractivity contribution is 9.09. The first kappa shape index (κ1) is 22.0. The van der Waals surface area contributed by atoms with Crippen molar-refractivity contribution in [1.82, 2.24) is 0 Å². The molecule has 0 aliphatic rings. The van der Waals surface area contributed by atoms with Gasteiger partial charge in [-0.2, -0.15) is 0 Å². The average Bonchev–Trinajstić information content (AvgIpc) is 2.62. The number of hydrogen-bond acceptors (Lipinski definition) is 4. The van der Waals surface area contributed by atoms with Crippen molar-refractivity contribution in [3.8, 4) is 5.75 Å². The number of Topliss-reactive ketones (excluding diaryl/α,β-unsaturated/α-hetero) is 1. The molecule has 0 N–H and O–H groups in total. The smallest absolute Gasteiger partial charge is 0.338 e. The number of hydrogen-bond donors (Lipinski definition) is 0. The number of carbonyl (C=O) groups excluding carboxylic acids is 2. The Balaban J connectivity index is 1.98. The second-order valence-electron chi connectivity index (χ2n) is 6.34. The van der Waals surface area contributed by atoms with Crippen LogP contribution in [0.2, 0.25) is 15.1 Å². The first-order valence-corrected chi connectivity index (χ1v) is 9.88. The topological polar surface area (TPSA) is 52.6 Å². The molecule has 1 atom stereocenters. The van der Waals surface area contributed by atoms with Gasteiger partial charge in [-0.1, -0.05) is 34.8 Å². The first-order valence-electron chi connectivity index (χ1n) is 7.83. The third kappa shape index (κ3) is 6.11. The molecule has 0 radical (unpaired) electrons. The Labute approximate surface area is 180 Å². The molecule has 0 saturated carbocycles. The summed E-state index contributed by atoms with van der Waals surface area (Å²) in [5.74, 6) is -0.539. The molecule has 4 nitrogen and oxygen atoms in total. The van der Waals surface area contributed by atoms with Gasteiger partial charge in [0.15, 0.2) is 5.78 Å². The van der Waals surface area contributed by atoms with Crippen LogP contribution in [0.5, 0.6) is 5.75 Å². The van der Waals surface area contributed by atoms with Gasteiger partial charge in [-0.15, -0.1) is 0 Å². The highest BCUT2D eigenvalue weighted by Gasteiger charge is 2.35. The van der Waals surface area contributed by atoms with E-state index in [-0.39, 0.29) is 17.4 Å². The van der Waals surface area contributed by atoms with Gasteiger partial charge in [0.05, 0.1) is 16.0 Å². The van der Waals surface area contributed by atoms with Gasteiger partial charge >= 0.3 is 5.97 Å². The highest BCUT2D eigenvalue weighted by Crippen LogP contribution is 2.31. The van der Waals surface area contributed by atoms with Gasteiger partial charge in [0.2, 0.25) is 5.01 Å². The quantitative estimate of drug-likeness (QED) is 0.340. The standard InChI is InChI=1S/C19H16BrCl3O4/c1-19(2,10-26-18(25)11-3-5-12(21)6-4-11)16(24)17(20)27-15-8-7-13(22)9-14(15)23/h3-9,17H,10H2,1-2H3. The number of halogens is 4. The van der Waals surface area contributed by atoms with E-state index in [0.717, 1.165) is 0 Å². The largest absolute Gasteiger partial charge is 0.470 e. The monoisotopic (exact) mass is 492 g/mol. The van der Waals surface area contributed by atoms with E-state index in [1.807, 2.05) is 0 Å². The van der Waals surface area contributed by atoms with Crippen LogP contribution in [0.1, 0.15) is 24.2 Å². The van der Waals surface area contributed by atoms with Crippen molar-refractivity contribution < 1.29 is 19.1 Å². The molecule has 2 rings (SSSR count). The lowest BCUT2D eigenvalue weighted by atomic mass is 9.89. The minimum Gasteiger partial charge on any atom is -0.470 e. The van der Waals surface area contributed by atoms with Crippen LogP contribution < -0.4 is 4.74 Å². The number of carbonyl (C=O) groups is 2. The Morgan fingerprint density at radius 3 is 2.22 bits per heavy atom. The second kappa shape index (κ2) is 9.28. The molecule has 27 heavy (non-hydrogen) atoms. The van der Waals surface area contributed by atoms with Gasteiger partial charge in [0.1, 0.15) is 12.4 Å². The van der Waals surface area contributed by atoms with Crippen LogP contribution in [-0.4, -0.2) is 23.4 Å². The first-order chi connectivity index (χ1) is 12.6. The summed E-state index contributed by atoms with van der Waals surface area (Å²) >= 11 is 20.9. The lowest BCUT2D eigenvalue weighted by Crippen LogP contribution is -2.38. The predicted molar refractivity (Wildman–Crippen MR) is 110 cm³/mol. The van der Waals surface area contributed by atoms with Crippen LogP contribution >= 0.6 is 50.7 Å². The van der Waals surface area contributed by atoms with Gasteiger partial charge < -0.3 is 9.47 Å². The van der Waals surface area contributed by atoms with Gasteiger partial charge in [0, 0.05) is 10.0 Å². The number of ether oxygens (including phenoxy) is 2. The van der Waals surface area contributed by atoms with Gasteiger partial charge in [-0.05, 0) is 72.2 Å². The summed E-state index contributed by atoms with van der Waals surface area (Å²) in [7, 11) is 0. The van der Waals surface area contributed by atoms with Crippen molar-refractivity contribution in [1.29, 1.82) is 0 Å². The summed E-state index contributed by atoms with van der Waals surface area (Å²) in [5, 5.41) is 0.286. The van der Waals surface area contributed by atoms with E-state index in [0.29, 0.717) is 21.4 Å². The van der Waals surface area contributed by atoms with Crippen molar-refractivity contribution in [2.45, 2.75) is 18.9 Å². The van der Waals surface area contributed by atoms with E-state index in [1.165, 1.54) is 6.07 Å². The van der Waals surface area contributed by atoms with E-state index < -0.39 is 16.4 Å². The molecule has 8 heteroatoms. The Kier molecular flexibility index (Phi) is 7.57. The van der Waals surface area contributed by atoms with Crippen LogP contribution in [0.15, 0.2) is 42.5 Å². The molecule has 0 aliphatic heterocycles. The Morgan fingerprint density at radius 1 is 1.04 bits per heavy atom. The molecular weight excluding hydrogens is 478 g/mol. The zero-order chi connectivity index (χ0) is 20.2. The fourth-order valence-corrected chi connectivity index (χ4v) is 3.43. The predicted octanol–water partition coefficient (Wildman–Crippen LogP) is 6.20. The van der Waals surface area contributed by atoms with E-state index in [9.17, 15) is 9.59 Å². The van der Waals surface area contributed by atoms with Crippen LogP contribution in [0.25, 0.3) is 0 Å². The summed E-state index contributed by atoms with van der Waals surface area (Å²) in [4.78, 5) is 24.8. The molecule has 2 aromatic rings. The summed E-state index contributed by atoms with van der Waals surface area (Å²) in [6, 6.07) is 11.0. The maximum absolute atomic E-state index is 12.7. The van der Waals surface area contributed by atoms with Crippen LogP contribution in [0, 0.1) is 5.41 Å². The zero-order valence-corrected chi connectivity index (χ0v) is 18.3. The van der Waals surface area contributed by atoms with Crippen LogP contribution in [0.4, 0.5) is 0 Å². The molecule has 0 amide bonds. The molecule has 0 aromatic heterocycles. The summed E-state index contributed by atoms with van der Waals surface area (Å²) in [6.07, 6.45) is 0. The number of rotatable bonds is 7.